The molecular weight excluding hydrogens is 288 g/mol. The monoisotopic (exact) mass is 312 g/mol. The molecule has 0 bridgehead atoms. The first-order chi connectivity index (χ1) is 9.82. The predicted molar refractivity (Wildman–Crippen MR) is 82.4 cm³/mol. The van der Waals surface area contributed by atoms with Crippen molar-refractivity contribution in [3.8, 4) is 0 Å². The number of benzene rings is 1. The van der Waals surface area contributed by atoms with Crippen LogP contribution in [-0.2, 0) is 14.8 Å². The Labute approximate surface area is 126 Å². The van der Waals surface area contributed by atoms with Gasteiger partial charge in [0.25, 0.3) is 0 Å². The Morgan fingerprint density at radius 2 is 1.86 bits per heavy atom. The smallest absolute Gasteiger partial charge is 0.240 e. The van der Waals surface area contributed by atoms with Gasteiger partial charge in [0.2, 0.25) is 10.0 Å². The fourth-order valence-corrected chi connectivity index (χ4v) is 3.54. The quantitative estimate of drug-likeness (QED) is 0.868. The zero-order valence-electron chi connectivity index (χ0n) is 12.6. The summed E-state index contributed by atoms with van der Waals surface area (Å²) in [5.74, 6) is 0. The highest BCUT2D eigenvalue weighted by Crippen LogP contribution is 2.29. The minimum absolute atomic E-state index is 0.0307. The summed E-state index contributed by atoms with van der Waals surface area (Å²) in [6.45, 7) is 5.79. The van der Waals surface area contributed by atoms with Gasteiger partial charge in [0.1, 0.15) is 0 Å². The summed E-state index contributed by atoms with van der Waals surface area (Å²) in [7, 11) is -3.47. The fraction of sp³-hybridized carbons (Fsp3) is 0.600. The topological polar surface area (TPSA) is 81.4 Å². The molecule has 1 aliphatic rings. The van der Waals surface area contributed by atoms with E-state index in [2.05, 4.69) is 11.6 Å². The molecule has 1 aromatic carbocycles. The molecule has 1 fully saturated rings. The first-order valence-electron chi connectivity index (χ1n) is 7.25. The summed E-state index contributed by atoms with van der Waals surface area (Å²) < 4.78 is 32.7. The van der Waals surface area contributed by atoms with Crippen LogP contribution in [-0.4, -0.2) is 28.2 Å². The van der Waals surface area contributed by atoms with E-state index in [-0.39, 0.29) is 16.4 Å². The third-order valence-corrected chi connectivity index (χ3v) is 5.52. The van der Waals surface area contributed by atoms with Gasteiger partial charge in [0, 0.05) is 25.8 Å². The number of nitrogens with one attached hydrogen (secondary N) is 1. The van der Waals surface area contributed by atoms with Crippen LogP contribution in [0.25, 0.3) is 0 Å². The average Bonchev–Trinajstić information content (AvgIpc) is 2.46. The van der Waals surface area contributed by atoms with Crippen molar-refractivity contribution >= 4 is 10.0 Å². The van der Waals surface area contributed by atoms with Crippen LogP contribution in [0.4, 0.5) is 0 Å². The van der Waals surface area contributed by atoms with Gasteiger partial charge in [-0.15, -0.1) is 0 Å². The highest BCUT2D eigenvalue weighted by atomic mass is 32.2. The van der Waals surface area contributed by atoms with Crippen molar-refractivity contribution in [2.24, 2.45) is 11.1 Å². The van der Waals surface area contributed by atoms with Gasteiger partial charge >= 0.3 is 0 Å². The molecule has 0 aromatic heterocycles. The second-order valence-electron chi connectivity index (χ2n) is 6.11. The maximum atomic E-state index is 12.3. The molecule has 1 saturated heterocycles. The van der Waals surface area contributed by atoms with Crippen molar-refractivity contribution in [3.05, 3.63) is 29.8 Å². The van der Waals surface area contributed by atoms with E-state index < -0.39 is 10.0 Å². The van der Waals surface area contributed by atoms with Crippen LogP contribution in [0.2, 0.25) is 0 Å². The van der Waals surface area contributed by atoms with Gasteiger partial charge in [-0.1, -0.05) is 19.1 Å². The molecule has 2 rings (SSSR count). The normalized spacial score (nSPS) is 20.1. The molecule has 6 heteroatoms. The third-order valence-electron chi connectivity index (χ3n) is 4.11. The van der Waals surface area contributed by atoms with Gasteiger partial charge in [0.15, 0.2) is 0 Å². The maximum Gasteiger partial charge on any atom is 0.240 e. The molecule has 1 unspecified atom stereocenters. The summed E-state index contributed by atoms with van der Waals surface area (Å²) in [6, 6.07) is 6.63. The van der Waals surface area contributed by atoms with Gasteiger partial charge in [-0.05, 0) is 42.9 Å². The lowest BCUT2D eigenvalue weighted by atomic mass is 9.83. The van der Waals surface area contributed by atoms with Crippen LogP contribution in [0, 0.1) is 5.41 Å². The van der Waals surface area contributed by atoms with Crippen molar-refractivity contribution in [3.63, 3.8) is 0 Å². The van der Waals surface area contributed by atoms with E-state index in [1.807, 2.05) is 6.92 Å². The molecule has 0 aliphatic carbocycles. The average molecular weight is 312 g/mol. The standard InChI is InChI=1S/C15H24N2O3S/c1-12(16)13-3-5-14(6-4-13)21(18,19)17-11-15(2)7-9-20-10-8-15/h3-6,12,17H,7-11,16H2,1-2H3. The van der Waals surface area contributed by atoms with Gasteiger partial charge in [-0.3, -0.25) is 0 Å². The van der Waals surface area contributed by atoms with Gasteiger partial charge in [0.05, 0.1) is 4.90 Å². The number of rotatable bonds is 5. The Hall–Kier alpha value is -0.950. The second kappa shape index (κ2) is 6.44. The Bertz CT molecular complexity index is 561. The summed E-state index contributed by atoms with van der Waals surface area (Å²) >= 11 is 0. The number of hydrogen-bond acceptors (Lipinski definition) is 4. The van der Waals surface area contributed by atoms with Crippen molar-refractivity contribution in [1.82, 2.24) is 4.72 Å². The number of sulfonamides is 1. The van der Waals surface area contributed by atoms with Crippen LogP contribution in [0.3, 0.4) is 0 Å². The molecule has 21 heavy (non-hydrogen) atoms. The first kappa shape index (κ1) is 16.4. The lowest BCUT2D eigenvalue weighted by molar-refractivity contribution is 0.0265. The van der Waals surface area contributed by atoms with E-state index in [0.29, 0.717) is 19.8 Å². The van der Waals surface area contributed by atoms with Crippen LogP contribution >= 0.6 is 0 Å². The highest BCUT2D eigenvalue weighted by Gasteiger charge is 2.29. The Kier molecular flexibility index (Phi) is 5.03. The molecule has 3 N–H and O–H groups in total. The second-order valence-corrected chi connectivity index (χ2v) is 7.87. The molecule has 1 atom stereocenters. The lowest BCUT2D eigenvalue weighted by Crippen LogP contribution is -2.39. The Morgan fingerprint density at radius 3 is 2.38 bits per heavy atom. The molecule has 5 nitrogen and oxygen atoms in total. The molecule has 0 spiro atoms. The number of hydrogen-bond donors (Lipinski definition) is 2. The molecule has 1 aliphatic heterocycles. The fourth-order valence-electron chi connectivity index (χ4n) is 2.34. The highest BCUT2D eigenvalue weighted by molar-refractivity contribution is 7.89. The van der Waals surface area contributed by atoms with E-state index in [1.165, 1.54) is 0 Å². The Morgan fingerprint density at radius 1 is 1.29 bits per heavy atom. The molecule has 118 valence electrons. The lowest BCUT2D eigenvalue weighted by Gasteiger charge is -2.33. The minimum atomic E-state index is -3.47. The Balaban J connectivity index is 2.04. The largest absolute Gasteiger partial charge is 0.381 e. The van der Waals surface area contributed by atoms with E-state index in [9.17, 15) is 8.42 Å². The van der Waals surface area contributed by atoms with Gasteiger partial charge in [-0.25, -0.2) is 13.1 Å². The van der Waals surface area contributed by atoms with E-state index in [0.717, 1.165) is 18.4 Å². The zero-order valence-corrected chi connectivity index (χ0v) is 13.4. The van der Waals surface area contributed by atoms with E-state index >= 15 is 0 Å². The van der Waals surface area contributed by atoms with Crippen LogP contribution in [0.5, 0.6) is 0 Å². The van der Waals surface area contributed by atoms with Crippen molar-refractivity contribution in [1.29, 1.82) is 0 Å². The van der Waals surface area contributed by atoms with E-state index in [4.69, 9.17) is 10.5 Å². The summed E-state index contributed by atoms with van der Waals surface area (Å²) in [5, 5.41) is 0. The zero-order chi connectivity index (χ0) is 15.5. The van der Waals surface area contributed by atoms with Crippen LogP contribution in [0.15, 0.2) is 29.2 Å². The molecular formula is C15H24N2O3S. The summed E-state index contributed by atoms with van der Waals surface area (Å²) in [5.41, 5.74) is 6.66. The third kappa shape index (κ3) is 4.26. The molecule has 0 radical (unpaired) electrons. The molecule has 1 heterocycles. The van der Waals surface area contributed by atoms with Crippen molar-refractivity contribution < 1.29 is 13.2 Å². The maximum absolute atomic E-state index is 12.3. The first-order valence-corrected chi connectivity index (χ1v) is 8.74. The molecule has 0 saturated carbocycles. The SMILES string of the molecule is CC(N)c1ccc(S(=O)(=O)NCC2(C)CCOCC2)cc1. The van der Waals surface area contributed by atoms with Crippen LogP contribution in [0.1, 0.15) is 38.3 Å². The predicted octanol–water partition coefficient (Wildman–Crippen LogP) is 1.80. The molecule has 0 amide bonds. The van der Waals surface area contributed by atoms with Crippen molar-refractivity contribution in [2.75, 3.05) is 19.8 Å². The van der Waals surface area contributed by atoms with Gasteiger partial charge < -0.3 is 10.5 Å². The summed E-state index contributed by atoms with van der Waals surface area (Å²) in [4.78, 5) is 0.280. The van der Waals surface area contributed by atoms with Gasteiger partial charge in [-0.2, -0.15) is 0 Å². The minimum Gasteiger partial charge on any atom is -0.381 e. The van der Waals surface area contributed by atoms with Crippen LogP contribution < -0.4 is 10.5 Å². The van der Waals surface area contributed by atoms with Crippen molar-refractivity contribution in [2.45, 2.75) is 37.6 Å². The number of ether oxygens (including phenoxy) is 1. The number of nitrogens with two attached hydrogens (primary N) is 1. The van der Waals surface area contributed by atoms with E-state index in [1.54, 1.807) is 24.3 Å². The molecule has 1 aromatic rings. The summed E-state index contributed by atoms with van der Waals surface area (Å²) in [6.07, 6.45) is 1.75.